The third kappa shape index (κ3) is 1.31. The number of amides is 1. The smallest absolute Gasteiger partial charge is 0.410 e. The fourth-order valence-corrected chi connectivity index (χ4v) is 1.08. The van der Waals surface area contributed by atoms with Crippen LogP contribution in [0.5, 0.6) is 0 Å². The Bertz CT molecular complexity index is 449. The molecule has 0 saturated heterocycles. The highest BCUT2D eigenvalue weighted by Crippen LogP contribution is 2.21. The van der Waals surface area contributed by atoms with Gasteiger partial charge in [0.15, 0.2) is 11.4 Å². The predicted octanol–water partition coefficient (Wildman–Crippen LogP) is 1.92. The molecule has 1 heterocycles. The van der Waals surface area contributed by atoms with Gasteiger partial charge < -0.3 is 9.63 Å². The fraction of sp³-hybridized carbons (Fsp3) is 0. The van der Waals surface area contributed by atoms with E-state index in [0.29, 0.717) is 11.0 Å². The molecule has 0 radical (unpaired) electrons. The Morgan fingerprint density at radius 1 is 1.46 bits per heavy atom. The van der Waals surface area contributed by atoms with Crippen molar-refractivity contribution in [3.8, 4) is 0 Å². The number of hydrogen-bond acceptors (Lipinski definition) is 3. The van der Waals surface area contributed by atoms with E-state index in [1.165, 1.54) is 0 Å². The quantitative estimate of drug-likeness (QED) is 0.699. The zero-order valence-electron chi connectivity index (χ0n) is 6.52. The van der Waals surface area contributed by atoms with Crippen molar-refractivity contribution in [2.24, 2.45) is 0 Å². The van der Waals surface area contributed by atoms with Gasteiger partial charge in [-0.25, -0.2) is 4.79 Å². The van der Waals surface area contributed by atoms with Crippen molar-refractivity contribution < 1.29 is 14.4 Å². The lowest BCUT2D eigenvalue weighted by Crippen LogP contribution is -2.07. The maximum atomic E-state index is 10.3. The summed E-state index contributed by atoms with van der Waals surface area (Å²) < 4.78 is 4.87. The third-order valence-corrected chi connectivity index (χ3v) is 1.60. The van der Waals surface area contributed by atoms with Crippen LogP contribution in [0.15, 0.2) is 28.8 Å². The van der Waals surface area contributed by atoms with Crippen LogP contribution in [0.4, 0.5) is 10.6 Å². The molecule has 66 valence electrons. The van der Waals surface area contributed by atoms with E-state index in [9.17, 15) is 4.79 Å². The standard InChI is InChI=1S/C8H6N2O3/c11-8(12)9-7-5-3-1-2-4-6(5)13-10-7/h1-4H,(H,9,10)(H,11,12). The molecule has 0 atom stereocenters. The van der Waals surface area contributed by atoms with Crippen LogP contribution < -0.4 is 5.32 Å². The van der Waals surface area contributed by atoms with E-state index in [1.54, 1.807) is 24.3 Å². The molecule has 0 bridgehead atoms. The second kappa shape index (κ2) is 2.78. The Hall–Kier alpha value is -2.04. The van der Waals surface area contributed by atoms with Crippen LogP contribution in [0.2, 0.25) is 0 Å². The van der Waals surface area contributed by atoms with E-state index in [-0.39, 0.29) is 5.82 Å². The Morgan fingerprint density at radius 3 is 3.00 bits per heavy atom. The van der Waals surface area contributed by atoms with Gasteiger partial charge in [-0.05, 0) is 12.1 Å². The number of rotatable bonds is 1. The minimum atomic E-state index is -1.15. The third-order valence-electron chi connectivity index (χ3n) is 1.60. The molecule has 0 fully saturated rings. The van der Waals surface area contributed by atoms with Crippen molar-refractivity contribution in [2.45, 2.75) is 0 Å². The Kier molecular flexibility index (Phi) is 1.63. The van der Waals surface area contributed by atoms with Crippen molar-refractivity contribution in [1.82, 2.24) is 5.16 Å². The molecule has 0 spiro atoms. The fourth-order valence-electron chi connectivity index (χ4n) is 1.08. The van der Waals surface area contributed by atoms with Gasteiger partial charge in [0.25, 0.3) is 0 Å². The molecule has 0 aliphatic carbocycles. The van der Waals surface area contributed by atoms with Gasteiger partial charge in [-0.2, -0.15) is 0 Å². The summed E-state index contributed by atoms with van der Waals surface area (Å²) in [4.78, 5) is 10.3. The van der Waals surface area contributed by atoms with Crippen molar-refractivity contribution >= 4 is 22.9 Å². The van der Waals surface area contributed by atoms with Gasteiger partial charge in [0.2, 0.25) is 0 Å². The van der Waals surface area contributed by atoms with Gasteiger partial charge in [0.05, 0.1) is 5.39 Å². The minimum Gasteiger partial charge on any atom is -0.465 e. The summed E-state index contributed by atoms with van der Waals surface area (Å²) in [7, 11) is 0. The summed E-state index contributed by atoms with van der Waals surface area (Å²) >= 11 is 0. The van der Waals surface area contributed by atoms with E-state index in [0.717, 1.165) is 0 Å². The molecule has 2 rings (SSSR count). The number of fused-ring (bicyclic) bond motifs is 1. The lowest BCUT2D eigenvalue weighted by Gasteiger charge is -1.92. The maximum Gasteiger partial charge on any atom is 0.410 e. The molecular weight excluding hydrogens is 172 g/mol. The summed E-state index contributed by atoms with van der Waals surface area (Å²) in [5.74, 6) is 0.225. The van der Waals surface area contributed by atoms with Crippen LogP contribution in [0.25, 0.3) is 11.0 Å². The van der Waals surface area contributed by atoms with Crippen LogP contribution in [-0.4, -0.2) is 16.4 Å². The second-order valence-corrected chi connectivity index (χ2v) is 2.46. The minimum absolute atomic E-state index is 0.225. The molecular formula is C8H6N2O3. The largest absolute Gasteiger partial charge is 0.465 e. The van der Waals surface area contributed by atoms with Gasteiger partial charge in [-0.1, -0.05) is 17.3 Å². The molecule has 0 saturated carbocycles. The van der Waals surface area contributed by atoms with Crippen LogP contribution >= 0.6 is 0 Å². The lowest BCUT2D eigenvalue weighted by molar-refractivity contribution is 0.209. The van der Waals surface area contributed by atoms with Gasteiger partial charge >= 0.3 is 6.09 Å². The number of carbonyl (C=O) groups is 1. The lowest BCUT2D eigenvalue weighted by atomic mass is 10.2. The summed E-state index contributed by atoms with van der Waals surface area (Å²) in [5.41, 5.74) is 0.561. The summed E-state index contributed by atoms with van der Waals surface area (Å²) in [5, 5.41) is 14.8. The second-order valence-electron chi connectivity index (χ2n) is 2.46. The first-order valence-corrected chi connectivity index (χ1v) is 3.62. The first-order valence-electron chi connectivity index (χ1n) is 3.62. The molecule has 0 aliphatic rings. The van der Waals surface area contributed by atoms with Crippen LogP contribution in [0.1, 0.15) is 0 Å². The number of carboxylic acid groups (broad SMARTS) is 1. The van der Waals surface area contributed by atoms with Crippen LogP contribution in [0, 0.1) is 0 Å². The Labute approximate surface area is 72.9 Å². The van der Waals surface area contributed by atoms with Crippen molar-refractivity contribution in [1.29, 1.82) is 0 Å². The molecule has 1 aromatic carbocycles. The monoisotopic (exact) mass is 178 g/mol. The number of para-hydroxylation sites is 1. The zero-order chi connectivity index (χ0) is 9.26. The van der Waals surface area contributed by atoms with Crippen molar-refractivity contribution in [3.63, 3.8) is 0 Å². The van der Waals surface area contributed by atoms with Gasteiger partial charge in [-0.15, -0.1) is 0 Å². The summed E-state index contributed by atoms with van der Waals surface area (Å²) in [6, 6.07) is 7.02. The van der Waals surface area contributed by atoms with Gasteiger partial charge in [0, 0.05) is 0 Å². The zero-order valence-corrected chi connectivity index (χ0v) is 6.52. The van der Waals surface area contributed by atoms with Crippen molar-refractivity contribution in [3.05, 3.63) is 24.3 Å². The first kappa shape index (κ1) is 7.60. The molecule has 2 N–H and O–H groups in total. The first-order chi connectivity index (χ1) is 6.27. The van der Waals surface area contributed by atoms with E-state index < -0.39 is 6.09 Å². The number of aromatic nitrogens is 1. The molecule has 1 amide bonds. The number of benzene rings is 1. The van der Waals surface area contributed by atoms with Gasteiger partial charge in [-0.3, -0.25) is 5.32 Å². The SMILES string of the molecule is O=C(O)Nc1noc2ccccc12. The Morgan fingerprint density at radius 2 is 2.23 bits per heavy atom. The van der Waals surface area contributed by atoms with E-state index in [4.69, 9.17) is 9.63 Å². The number of nitrogens with zero attached hydrogens (tertiary/aromatic N) is 1. The molecule has 5 heteroatoms. The molecule has 5 nitrogen and oxygen atoms in total. The highest BCUT2D eigenvalue weighted by atomic mass is 16.5. The normalized spacial score (nSPS) is 10.2. The molecule has 0 unspecified atom stereocenters. The average molecular weight is 178 g/mol. The molecule has 2 aromatic rings. The van der Waals surface area contributed by atoms with E-state index in [2.05, 4.69) is 10.5 Å². The molecule has 13 heavy (non-hydrogen) atoms. The van der Waals surface area contributed by atoms with Gasteiger partial charge in [0.1, 0.15) is 0 Å². The van der Waals surface area contributed by atoms with Crippen LogP contribution in [0.3, 0.4) is 0 Å². The average Bonchev–Trinajstić information content (AvgIpc) is 2.48. The van der Waals surface area contributed by atoms with Crippen LogP contribution in [-0.2, 0) is 0 Å². The topological polar surface area (TPSA) is 75.4 Å². The van der Waals surface area contributed by atoms with Crippen molar-refractivity contribution in [2.75, 3.05) is 5.32 Å². The van der Waals surface area contributed by atoms with E-state index >= 15 is 0 Å². The molecule has 0 aliphatic heterocycles. The van der Waals surface area contributed by atoms with E-state index in [1.807, 2.05) is 0 Å². The number of hydrogen-bond donors (Lipinski definition) is 2. The predicted molar refractivity (Wildman–Crippen MR) is 45.7 cm³/mol. The number of anilines is 1. The highest BCUT2D eigenvalue weighted by Gasteiger charge is 2.08. The Balaban J connectivity index is 2.51. The molecule has 1 aromatic heterocycles. The maximum absolute atomic E-state index is 10.3. The summed E-state index contributed by atoms with van der Waals surface area (Å²) in [6.45, 7) is 0. The summed E-state index contributed by atoms with van der Waals surface area (Å²) in [6.07, 6.45) is -1.15. The highest BCUT2D eigenvalue weighted by molar-refractivity contribution is 5.95. The number of nitrogens with one attached hydrogen (secondary N) is 1.